The van der Waals surface area contributed by atoms with Gasteiger partial charge < -0.3 is 35.7 Å². The lowest BCUT2D eigenvalue weighted by Gasteiger charge is -2.57. The van der Waals surface area contributed by atoms with Crippen LogP contribution in [0.1, 0.15) is 52.7 Å². The van der Waals surface area contributed by atoms with Gasteiger partial charge in [-0.2, -0.15) is 0 Å². The summed E-state index contributed by atoms with van der Waals surface area (Å²) in [5.74, 6) is -3.22. The molecule has 7 heterocycles. The highest BCUT2D eigenvalue weighted by atomic mass is 32.2. The van der Waals surface area contributed by atoms with Gasteiger partial charge in [-0.05, 0) is 39.8 Å². The number of allylic oxidation sites excluding steroid dienone is 1. The Morgan fingerprint density at radius 3 is 2.40 bits per heavy atom. The maximum Gasteiger partial charge on any atom is 0.350 e. The van der Waals surface area contributed by atoms with Gasteiger partial charge in [-0.25, -0.2) is 14.5 Å². The lowest BCUT2D eigenvalue weighted by Crippen LogP contribution is -2.71. The van der Waals surface area contributed by atoms with Crippen LogP contribution in [0, 0.1) is 5.41 Å². The van der Waals surface area contributed by atoms with Gasteiger partial charge >= 0.3 is 5.97 Å². The van der Waals surface area contributed by atoms with Gasteiger partial charge in [0.05, 0.1) is 30.4 Å². The van der Waals surface area contributed by atoms with Crippen molar-refractivity contribution < 1.29 is 39.0 Å². The molecule has 2 bridgehead atoms. The van der Waals surface area contributed by atoms with Crippen molar-refractivity contribution in [1.29, 1.82) is 0 Å². The molecular formula is C34H41N8O9S2+. The number of carbonyl (C=O) groups is 3. The molecule has 2 amide bonds. The normalized spacial score (nSPS) is 27.1. The average Bonchev–Trinajstić information content (AvgIpc) is 3.54. The standard InChI is InChI=1S/C34H40N8O9S2/c1-16-20(13-42-8-5-34(6-9-42,7-10-42)15-40-28(47)19-12-23(44)22(43)11-18(19)26(45)38-40)17(2)53-30-25(29(48)41(16)30)37-27(46)24(21-14-52-32(35)36-21)39-51-33(3,4)31(49)50/h11-12,14,17,25,30H,5-10,13,15H2,1-4H3,(H6-,35,36,37,38,39,43,44,45,46,47,49,50)/p+1/t17-,25+,30+,34?,42?/m0/s1. The second-order valence-electron chi connectivity index (χ2n) is 15.0. The minimum Gasteiger partial charge on any atom is -0.504 e. The van der Waals surface area contributed by atoms with Crippen molar-refractivity contribution in [3.05, 3.63) is 55.2 Å². The number of phenols is 2. The fourth-order valence-electron chi connectivity index (χ4n) is 7.82. The summed E-state index contributed by atoms with van der Waals surface area (Å²) in [6, 6.07) is 1.38. The number of carboxylic acids is 1. The fourth-order valence-corrected chi connectivity index (χ4v) is 9.92. The molecule has 4 saturated heterocycles. The second kappa shape index (κ2) is 12.9. The molecule has 0 aliphatic carbocycles. The van der Waals surface area contributed by atoms with Crippen LogP contribution in [0.3, 0.4) is 0 Å². The molecule has 5 aliphatic rings. The molecule has 3 aromatic rings. The summed E-state index contributed by atoms with van der Waals surface area (Å²) in [6.07, 6.45) is 2.53. The summed E-state index contributed by atoms with van der Waals surface area (Å²) in [5, 5.41) is 40.0. The van der Waals surface area contributed by atoms with Crippen LogP contribution in [0.25, 0.3) is 10.8 Å². The molecule has 282 valence electrons. The Morgan fingerprint density at radius 1 is 1.15 bits per heavy atom. The Hall–Kier alpha value is -4.88. The number of oxime groups is 1. The Labute approximate surface area is 310 Å². The number of aromatic nitrogens is 3. The number of H-pyrrole nitrogens is 1. The smallest absolute Gasteiger partial charge is 0.350 e. The summed E-state index contributed by atoms with van der Waals surface area (Å²) in [6.45, 7) is 10.3. The van der Waals surface area contributed by atoms with E-state index >= 15 is 0 Å². The third-order valence-electron chi connectivity index (χ3n) is 11.3. The molecule has 3 atom stereocenters. The zero-order valence-electron chi connectivity index (χ0n) is 29.5. The largest absolute Gasteiger partial charge is 0.504 e. The van der Waals surface area contributed by atoms with Crippen LogP contribution < -0.4 is 22.2 Å². The molecule has 0 unspecified atom stereocenters. The van der Waals surface area contributed by atoms with Crippen molar-refractivity contribution in [1.82, 2.24) is 25.0 Å². The summed E-state index contributed by atoms with van der Waals surface area (Å²) in [4.78, 5) is 75.9. The van der Waals surface area contributed by atoms with Crippen LogP contribution in [0.5, 0.6) is 11.5 Å². The Morgan fingerprint density at radius 2 is 1.79 bits per heavy atom. The van der Waals surface area contributed by atoms with Gasteiger partial charge in [0.2, 0.25) is 5.60 Å². The van der Waals surface area contributed by atoms with E-state index in [0.29, 0.717) is 6.54 Å². The number of anilines is 1. The second-order valence-corrected chi connectivity index (χ2v) is 17.3. The number of phenolic OH excluding ortho intramolecular Hbond substituents is 2. The van der Waals surface area contributed by atoms with Gasteiger partial charge in [0, 0.05) is 53.1 Å². The maximum atomic E-state index is 13.6. The molecule has 17 nitrogen and oxygen atoms in total. The summed E-state index contributed by atoms with van der Waals surface area (Å²) in [7, 11) is 0. The Balaban J connectivity index is 1.03. The van der Waals surface area contributed by atoms with E-state index in [1.807, 2.05) is 6.92 Å². The zero-order chi connectivity index (χ0) is 38.2. The minimum absolute atomic E-state index is 0.0216. The zero-order valence-corrected chi connectivity index (χ0v) is 31.2. The molecule has 2 aromatic heterocycles. The van der Waals surface area contributed by atoms with Gasteiger partial charge in [0.1, 0.15) is 23.7 Å². The number of carbonyl (C=O) groups excluding carboxylic acids is 2. The number of hydrogen-bond acceptors (Lipinski definition) is 13. The maximum absolute atomic E-state index is 13.6. The number of thiazole rings is 1. The van der Waals surface area contributed by atoms with Crippen molar-refractivity contribution in [2.75, 3.05) is 31.9 Å². The number of hydrogen-bond donors (Lipinski definition) is 6. The molecule has 0 saturated carbocycles. The number of thioether (sulfide) groups is 1. The van der Waals surface area contributed by atoms with E-state index in [9.17, 15) is 39.3 Å². The predicted octanol–water partition coefficient (Wildman–Crippen LogP) is 1.49. The molecule has 19 heteroatoms. The number of aliphatic carboxylic acids is 1. The fraction of sp³-hybridized carbons (Fsp3) is 0.500. The number of aromatic amines is 1. The monoisotopic (exact) mass is 769 g/mol. The number of rotatable bonds is 10. The number of nitrogens with zero attached hydrogens (tertiary/aromatic N) is 5. The number of nitrogens with two attached hydrogens (primary N) is 1. The lowest BCUT2D eigenvalue weighted by molar-refractivity contribution is -0.941. The molecule has 8 rings (SSSR count). The molecule has 4 fully saturated rings. The van der Waals surface area contributed by atoms with Crippen LogP contribution in [0.2, 0.25) is 0 Å². The predicted molar refractivity (Wildman–Crippen MR) is 196 cm³/mol. The van der Waals surface area contributed by atoms with Gasteiger partial charge in [0.25, 0.3) is 22.9 Å². The lowest BCUT2D eigenvalue weighted by atomic mass is 9.70. The van der Waals surface area contributed by atoms with Crippen LogP contribution >= 0.6 is 23.1 Å². The third kappa shape index (κ3) is 6.33. The summed E-state index contributed by atoms with van der Waals surface area (Å²) in [5.41, 5.74) is 4.77. The third-order valence-corrected chi connectivity index (χ3v) is 13.4. The first-order valence-electron chi connectivity index (χ1n) is 17.2. The molecule has 0 spiro atoms. The number of β-lactam (4-membered cyclic amide) rings is 1. The summed E-state index contributed by atoms with van der Waals surface area (Å²) < 4.78 is 2.20. The number of benzene rings is 1. The topological polar surface area (TPSA) is 243 Å². The highest BCUT2D eigenvalue weighted by Crippen LogP contribution is 2.49. The molecule has 7 N–H and O–H groups in total. The Kier molecular flexibility index (Phi) is 8.88. The van der Waals surface area contributed by atoms with Crippen LogP contribution in [-0.2, 0) is 25.8 Å². The first-order valence-corrected chi connectivity index (χ1v) is 19.0. The van der Waals surface area contributed by atoms with Crippen LogP contribution in [0.4, 0.5) is 5.13 Å². The van der Waals surface area contributed by atoms with Crippen LogP contribution in [0.15, 0.2) is 43.5 Å². The van der Waals surface area contributed by atoms with Gasteiger partial charge in [-0.15, -0.1) is 23.1 Å². The molecule has 5 aliphatic heterocycles. The highest BCUT2D eigenvalue weighted by Gasteiger charge is 2.55. The van der Waals surface area contributed by atoms with Crippen molar-refractivity contribution in [3.63, 3.8) is 0 Å². The number of aromatic hydroxyl groups is 2. The van der Waals surface area contributed by atoms with Crippen molar-refractivity contribution in [3.8, 4) is 11.5 Å². The van der Waals surface area contributed by atoms with E-state index in [1.54, 1.807) is 16.7 Å². The molecular weight excluding hydrogens is 729 g/mol. The number of quaternary nitrogens is 1. The van der Waals surface area contributed by atoms with E-state index < -0.39 is 46.1 Å². The number of amides is 2. The van der Waals surface area contributed by atoms with Crippen molar-refractivity contribution in [2.45, 2.75) is 75.8 Å². The molecule has 53 heavy (non-hydrogen) atoms. The number of piperidine rings is 3. The Bertz CT molecular complexity index is 2220. The number of nitrogens with one attached hydrogen (secondary N) is 2. The molecule has 1 aromatic carbocycles. The van der Waals surface area contributed by atoms with E-state index in [2.05, 4.69) is 27.5 Å². The quantitative estimate of drug-likeness (QED) is 0.0565. The SMILES string of the molecule is CC1=C(C[N+]23CCC(Cn4[nH]c(=O)c5cc(O)c(O)cc5c4=O)(CC2)CC3)[C@H](C)S[C@@H]2[C@H](NC(=O)/C(=N\OC(C)(C)C(=O)O)c3csc(N)n3)C(=O)N12. The van der Waals surface area contributed by atoms with Gasteiger partial charge in [0.15, 0.2) is 22.3 Å². The van der Waals surface area contributed by atoms with E-state index in [4.69, 9.17) is 10.6 Å². The number of nitrogen functional groups attached to an aromatic ring is 1. The highest BCUT2D eigenvalue weighted by molar-refractivity contribution is 8.00. The van der Waals surface area contributed by atoms with Gasteiger partial charge in [-0.3, -0.25) is 29.2 Å². The average molecular weight is 770 g/mol. The van der Waals surface area contributed by atoms with E-state index in [1.165, 1.54) is 29.5 Å². The number of fused-ring (bicyclic) bond motifs is 5. The molecule has 0 radical (unpaired) electrons. The van der Waals surface area contributed by atoms with Crippen molar-refractivity contribution >= 4 is 62.5 Å². The van der Waals surface area contributed by atoms with E-state index in [0.717, 1.165) is 79.1 Å². The van der Waals surface area contributed by atoms with Gasteiger partial charge in [-0.1, -0.05) is 5.16 Å². The number of carboxylic acid groups (broad SMARTS) is 1. The van der Waals surface area contributed by atoms with E-state index in [-0.39, 0.29) is 49.3 Å². The first-order chi connectivity index (χ1) is 24.9. The van der Waals surface area contributed by atoms with Crippen LogP contribution in [-0.4, -0.2) is 111 Å². The first kappa shape index (κ1) is 36.5. The summed E-state index contributed by atoms with van der Waals surface area (Å²) >= 11 is 2.66. The van der Waals surface area contributed by atoms with Crippen molar-refractivity contribution in [2.24, 2.45) is 10.6 Å². The minimum atomic E-state index is -1.73.